The first kappa shape index (κ1) is 25.7. The monoisotopic (exact) mass is 498 g/mol. The van der Waals surface area contributed by atoms with Gasteiger partial charge in [-0.15, -0.1) is 0 Å². The topological polar surface area (TPSA) is 108 Å². The summed E-state index contributed by atoms with van der Waals surface area (Å²) in [6.07, 6.45) is 3.46. The third-order valence-corrected chi connectivity index (χ3v) is 7.31. The van der Waals surface area contributed by atoms with Crippen molar-refractivity contribution in [2.24, 2.45) is 0 Å². The number of imide groups is 1. The molecule has 0 saturated carbocycles. The molecule has 0 radical (unpaired) electrons. The average Bonchev–Trinajstić information content (AvgIpc) is 3.19. The van der Waals surface area contributed by atoms with Crippen molar-refractivity contribution in [1.82, 2.24) is 19.6 Å². The van der Waals surface area contributed by atoms with Gasteiger partial charge < -0.3 is 19.4 Å². The lowest BCUT2D eigenvalue weighted by atomic mass is 9.97. The summed E-state index contributed by atoms with van der Waals surface area (Å²) in [6, 6.07) is 7.16. The van der Waals surface area contributed by atoms with Gasteiger partial charge in [0.15, 0.2) is 6.61 Å². The van der Waals surface area contributed by atoms with E-state index in [1.165, 1.54) is 0 Å². The number of hydrogen-bond acceptors (Lipinski definition) is 6. The Labute approximate surface area is 211 Å². The highest BCUT2D eigenvalue weighted by molar-refractivity contribution is 6.04. The average molecular weight is 499 g/mol. The van der Waals surface area contributed by atoms with Gasteiger partial charge in [0, 0.05) is 56.7 Å². The lowest BCUT2D eigenvalue weighted by molar-refractivity contribution is -0.146. The van der Waals surface area contributed by atoms with Gasteiger partial charge in [0.25, 0.3) is 11.8 Å². The number of hydrogen-bond donors (Lipinski definition) is 0. The molecule has 194 valence electrons. The molecule has 5 amide bonds. The van der Waals surface area contributed by atoms with Crippen molar-refractivity contribution in [3.05, 3.63) is 29.8 Å². The molecule has 3 saturated heterocycles. The van der Waals surface area contributed by atoms with Crippen LogP contribution >= 0.6 is 0 Å². The predicted molar refractivity (Wildman–Crippen MR) is 130 cm³/mol. The van der Waals surface area contributed by atoms with E-state index in [1.807, 2.05) is 4.90 Å². The van der Waals surface area contributed by atoms with Crippen LogP contribution in [-0.4, -0.2) is 101 Å². The molecule has 0 spiro atoms. The van der Waals surface area contributed by atoms with Gasteiger partial charge in [-0.3, -0.25) is 28.9 Å². The predicted octanol–water partition coefficient (Wildman–Crippen LogP) is 1.29. The zero-order chi connectivity index (χ0) is 25.8. The summed E-state index contributed by atoms with van der Waals surface area (Å²) in [6.45, 7) is 5.29. The number of rotatable bonds is 6. The molecule has 3 aliphatic heterocycles. The molecule has 0 aliphatic carbocycles. The van der Waals surface area contributed by atoms with Crippen molar-refractivity contribution in [2.75, 3.05) is 39.3 Å². The van der Waals surface area contributed by atoms with Gasteiger partial charge >= 0.3 is 0 Å². The zero-order valence-corrected chi connectivity index (χ0v) is 21.0. The van der Waals surface area contributed by atoms with Gasteiger partial charge in [-0.2, -0.15) is 0 Å². The molecule has 0 aromatic heterocycles. The van der Waals surface area contributed by atoms with Crippen LogP contribution in [0.2, 0.25) is 0 Å². The lowest BCUT2D eigenvalue weighted by Crippen LogP contribution is -2.53. The lowest BCUT2D eigenvalue weighted by Gasteiger charge is -2.39. The Balaban J connectivity index is 1.24. The van der Waals surface area contributed by atoms with Crippen LogP contribution in [0.4, 0.5) is 0 Å². The van der Waals surface area contributed by atoms with Crippen LogP contribution < -0.4 is 4.74 Å². The number of likely N-dealkylation sites (tertiary alicyclic amines) is 2. The maximum absolute atomic E-state index is 12.9. The van der Waals surface area contributed by atoms with Gasteiger partial charge in [-0.25, -0.2) is 0 Å². The number of carbonyl (C=O) groups excluding carboxylic acids is 5. The van der Waals surface area contributed by atoms with Crippen molar-refractivity contribution in [3.8, 4) is 5.75 Å². The number of nitrogens with zero attached hydrogens (tertiary/aromatic N) is 4. The van der Waals surface area contributed by atoms with Crippen LogP contribution in [0.3, 0.4) is 0 Å². The standard InChI is InChI=1S/C26H34N4O6/c1-18-4-3-5-19(2)30(18)25(34)17-36-21-8-6-20(7-9-21)26(35)28-14-12-27(13-15-28)24(33)16-29-22(31)10-11-23(29)32/h6-9,18-19H,3-5,10-17H2,1-2H3. The van der Waals surface area contributed by atoms with Crippen molar-refractivity contribution in [1.29, 1.82) is 0 Å². The van der Waals surface area contributed by atoms with Gasteiger partial charge in [0.1, 0.15) is 12.3 Å². The number of piperidine rings is 1. The van der Waals surface area contributed by atoms with E-state index in [-0.39, 0.29) is 67.6 Å². The van der Waals surface area contributed by atoms with Crippen molar-refractivity contribution in [3.63, 3.8) is 0 Å². The van der Waals surface area contributed by atoms with Crippen LogP contribution in [0.25, 0.3) is 0 Å². The highest BCUT2D eigenvalue weighted by atomic mass is 16.5. The summed E-state index contributed by atoms with van der Waals surface area (Å²) in [4.78, 5) is 67.8. The largest absolute Gasteiger partial charge is 0.484 e. The second-order valence-corrected chi connectivity index (χ2v) is 9.79. The Hall–Kier alpha value is -3.43. The van der Waals surface area contributed by atoms with Crippen LogP contribution in [0.15, 0.2) is 24.3 Å². The van der Waals surface area contributed by atoms with Crippen LogP contribution in [0.5, 0.6) is 5.75 Å². The third-order valence-electron chi connectivity index (χ3n) is 7.31. The molecular weight excluding hydrogens is 464 g/mol. The third kappa shape index (κ3) is 5.68. The number of carbonyl (C=O) groups is 5. The molecule has 10 heteroatoms. The molecule has 10 nitrogen and oxygen atoms in total. The molecule has 36 heavy (non-hydrogen) atoms. The Morgan fingerprint density at radius 3 is 1.97 bits per heavy atom. The Bertz CT molecular complexity index is 992. The minimum Gasteiger partial charge on any atom is -0.484 e. The number of amides is 5. The van der Waals surface area contributed by atoms with E-state index in [0.717, 1.165) is 24.2 Å². The number of piperazine rings is 1. The van der Waals surface area contributed by atoms with Crippen LogP contribution in [0, 0.1) is 0 Å². The zero-order valence-electron chi connectivity index (χ0n) is 21.0. The summed E-state index contributed by atoms with van der Waals surface area (Å²) in [5.74, 6) is -0.552. The second kappa shape index (κ2) is 11.1. The Morgan fingerprint density at radius 2 is 1.39 bits per heavy atom. The molecule has 1 aromatic carbocycles. The summed E-state index contributed by atoms with van der Waals surface area (Å²) >= 11 is 0. The maximum Gasteiger partial charge on any atom is 0.260 e. The van der Waals surface area contributed by atoms with E-state index < -0.39 is 0 Å². The van der Waals surface area contributed by atoms with E-state index in [4.69, 9.17) is 4.74 Å². The quantitative estimate of drug-likeness (QED) is 0.547. The first-order valence-electron chi connectivity index (χ1n) is 12.7. The molecule has 1 aromatic rings. The smallest absolute Gasteiger partial charge is 0.260 e. The van der Waals surface area contributed by atoms with E-state index >= 15 is 0 Å². The van der Waals surface area contributed by atoms with E-state index in [9.17, 15) is 24.0 Å². The number of ether oxygens (including phenoxy) is 1. The van der Waals surface area contributed by atoms with Gasteiger partial charge in [-0.05, 0) is 57.4 Å². The van der Waals surface area contributed by atoms with E-state index in [2.05, 4.69) is 13.8 Å². The second-order valence-electron chi connectivity index (χ2n) is 9.79. The van der Waals surface area contributed by atoms with Crippen LogP contribution in [0.1, 0.15) is 56.3 Å². The Kier molecular flexibility index (Phi) is 7.91. The first-order valence-corrected chi connectivity index (χ1v) is 12.7. The van der Waals surface area contributed by atoms with Gasteiger partial charge in [-0.1, -0.05) is 0 Å². The summed E-state index contributed by atoms with van der Waals surface area (Å²) in [7, 11) is 0. The molecule has 2 atom stereocenters. The highest BCUT2D eigenvalue weighted by Gasteiger charge is 2.33. The van der Waals surface area contributed by atoms with E-state index in [0.29, 0.717) is 37.5 Å². The normalized spacial score (nSPS) is 22.7. The molecule has 0 bridgehead atoms. The maximum atomic E-state index is 12.9. The highest BCUT2D eigenvalue weighted by Crippen LogP contribution is 2.23. The SMILES string of the molecule is CC1CCCC(C)N1C(=O)COc1ccc(C(=O)N2CCN(C(=O)CN3C(=O)CCC3=O)CC2)cc1. The first-order chi connectivity index (χ1) is 17.2. The summed E-state index contributed by atoms with van der Waals surface area (Å²) in [5, 5.41) is 0. The molecule has 2 unspecified atom stereocenters. The molecule has 3 fully saturated rings. The van der Waals surface area contributed by atoms with Gasteiger partial charge in [0.05, 0.1) is 0 Å². The van der Waals surface area contributed by atoms with Crippen molar-refractivity contribution >= 4 is 29.5 Å². The molecule has 4 rings (SSSR count). The molecule has 3 heterocycles. The molecular formula is C26H34N4O6. The van der Waals surface area contributed by atoms with Gasteiger partial charge in [0.2, 0.25) is 17.7 Å². The minimum absolute atomic E-state index is 0.0271. The van der Waals surface area contributed by atoms with Crippen molar-refractivity contribution < 1.29 is 28.7 Å². The summed E-state index contributed by atoms with van der Waals surface area (Å²) < 4.78 is 5.70. The van der Waals surface area contributed by atoms with Crippen molar-refractivity contribution in [2.45, 2.75) is 58.0 Å². The minimum atomic E-state index is -0.311. The number of benzene rings is 1. The van der Waals surface area contributed by atoms with E-state index in [1.54, 1.807) is 34.1 Å². The fourth-order valence-corrected chi connectivity index (χ4v) is 5.20. The van der Waals surface area contributed by atoms with Crippen LogP contribution in [-0.2, 0) is 19.2 Å². The Morgan fingerprint density at radius 1 is 0.833 bits per heavy atom. The summed E-state index contributed by atoms with van der Waals surface area (Å²) in [5.41, 5.74) is 0.500. The molecule has 3 aliphatic rings. The molecule has 0 N–H and O–H groups in total. The fourth-order valence-electron chi connectivity index (χ4n) is 5.20. The fraction of sp³-hybridized carbons (Fsp3) is 0.577.